The summed E-state index contributed by atoms with van der Waals surface area (Å²) >= 11 is 0. The molecular weight excluding hydrogens is 208 g/mol. The van der Waals surface area contributed by atoms with Crippen molar-refractivity contribution in [2.75, 3.05) is 0 Å². The van der Waals surface area contributed by atoms with Crippen LogP contribution in [-0.4, -0.2) is 22.9 Å². The third-order valence-corrected chi connectivity index (χ3v) is 2.74. The standard InChI is InChI=1S/C11H16N2O3/c1-4-11(6-5-7(2)3)8(14)12-10(16)13-9(11)15/h5H,4,6H2,1-3H3,(H2,12,13,14,15,16). The minimum atomic E-state index is -1.16. The van der Waals surface area contributed by atoms with Gasteiger partial charge in [0.25, 0.3) is 11.9 Å². The highest BCUT2D eigenvalue weighted by molar-refractivity contribution is 6.16. The molecule has 0 aromatic heterocycles. The van der Waals surface area contributed by atoms with Gasteiger partial charge in [0.2, 0.25) is 5.91 Å². The molecule has 0 spiro atoms. The minimum Gasteiger partial charge on any atom is -0.480 e. The Kier molecular flexibility index (Phi) is 3.47. The number of rotatable bonds is 3. The number of amides is 2. The summed E-state index contributed by atoms with van der Waals surface area (Å²) < 4.78 is 0. The average molecular weight is 224 g/mol. The molecule has 1 atom stereocenters. The fraction of sp³-hybridized carbons (Fsp3) is 0.545. The molecule has 0 saturated carbocycles. The summed E-state index contributed by atoms with van der Waals surface area (Å²) in [5.74, 6) is -1.06. The fourth-order valence-electron chi connectivity index (χ4n) is 1.56. The number of amidine groups is 1. The summed E-state index contributed by atoms with van der Waals surface area (Å²) in [6.07, 6.45) is 2.50. The van der Waals surface area contributed by atoms with Gasteiger partial charge < -0.3 is 5.11 Å². The zero-order chi connectivity index (χ0) is 12.3. The lowest BCUT2D eigenvalue weighted by Crippen LogP contribution is -2.52. The van der Waals surface area contributed by atoms with Crippen LogP contribution in [0.4, 0.5) is 0 Å². The van der Waals surface area contributed by atoms with Crippen LogP contribution in [0.25, 0.3) is 0 Å². The first-order valence-electron chi connectivity index (χ1n) is 5.19. The molecule has 0 saturated heterocycles. The van der Waals surface area contributed by atoms with Crippen LogP contribution in [0.15, 0.2) is 16.6 Å². The quantitative estimate of drug-likeness (QED) is 0.560. The maximum Gasteiger partial charge on any atom is 0.296 e. The molecule has 1 aliphatic heterocycles. The molecule has 0 aromatic carbocycles. The zero-order valence-electron chi connectivity index (χ0n) is 9.70. The van der Waals surface area contributed by atoms with Gasteiger partial charge in [0.1, 0.15) is 5.41 Å². The molecule has 1 heterocycles. The second-order valence-electron chi connectivity index (χ2n) is 4.12. The molecule has 5 nitrogen and oxygen atoms in total. The second kappa shape index (κ2) is 4.47. The number of nitrogens with zero attached hydrogens (tertiary/aromatic N) is 1. The lowest BCUT2D eigenvalue weighted by atomic mass is 9.78. The Bertz CT molecular complexity index is 381. The Balaban J connectivity index is 3.07. The molecule has 0 aliphatic carbocycles. The number of allylic oxidation sites excluding steroid dienone is 2. The predicted octanol–water partition coefficient (Wildman–Crippen LogP) is 1.31. The van der Waals surface area contributed by atoms with Gasteiger partial charge in [0.05, 0.1) is 0 Å². The highest BCUT2D eigenvalue weighted by Crippen LogP contribution is 2.31. The van der Waals surface area contributed by atoms with Crippen molar-refractivity contribution in [1.82, 2.24) is 5.32 Å². The minimum absolute atomic E-state index is 0.313. The summed E-state index contributed by atoms with van der Waals surface area (Å²) in [5.41, 5.74) is -0.129. The molecule has 1 rings (SSSR count). The van der Waals surface area contributed by atoms with E-state index in [0.29, 0.717) is 12.8 Å². The van der Waals surface area contributed by atoms with Crippen molar-refractivity contribution in [2.45, 2.75) is 33.6 Å². The first-order chi connectivity index (χ1) is 7.42. The Morgan fingerprint density at radius 2 is 2.12 bits per heavy atom. The van der Waals surface area contributed by atoms with Crippen molar-refractivity contribution < 1.29 is 14.7 Å². The number of nitrogens with one attached hydrogen (secondary N) is 1. The van der Waals surface area contributed by atoms with E-state index in [1.54, 1.807) is 6.92 Å². The normalized spacial score (nSPS) is 24.8. The molecule has 0 radical (unpaired) electrons. The molecule has 2 N–H and O–H groups in total. The van der Waals surface area contributed by atoms with Gasteiger partial charge in [-0.3, -0.25) is 14.9 Å². The molecule has 0 fully saturated rings. The molecular formula is C11H16N2O3. The lowest BCUT2D eigenvalue weighted by Gasteiger charge is -2.29. The van der Waals surface area contributed by atoms with Gasteiger partial charge in [-0.15, -0.1) is 0 Å². The number of hydrogen-bond donors (Lipinski definition) is 2. The van der Waals surface area contributed by atoms with Gasteiger partial charge >= 0.3 is 0 Å². The number of aliphatic imine (C=N–C) groups is 1. The van der Waals surface area contributed by atoms with E-state index in [2.05, 4.69) is 10.3 Å². The van der Waals surface area contributed by atoms with E-state index < -0.39 is 23.3 Å². The van der Waals surface area contributed by atoms with Crippen molar-refractivity contribution in [3.8, 4) is 0 Å². The number of carbonyl (C=O) groups is 2. The molecule has 5 heteroatoms. The summed E-state index contributed by atoms with van der Waals surface area (Å²) in [6, 6.07) is -0.615. The lowest BCUT2D eigenvalue weighted by molar-refractivity contribution is -0.142. The summed E-state index contributed by atoms with van der Waals surface area (Å²) in [4.78, 5) is 26.9. The van der Waals surface area contributed by atoms with Crippen LogP contribution in [0.1, 0.15) is 33.6 Å². The summed E-state index contributed by atoms with van der Waals surface area (Å²) in [7, 11) is 0. The highest BCUT2D eigenvalue weighted by Gasteiger charge is 2.46. The largest absolute Gasteiger partial charge is 0.480 e. The molecule has 2 amide bonds. The molecule has 1 unspecified atom stereocenters. The van der Waals surface area contributed by atoms with Crippen LogP contribution >= 0.6 is 0 Å². The van der Waals surface area contributed by atoms with E-state index in [9.17, 15) is 9.59 Å². The number of hydrogen-bond acceptors (Lipinski definition) is 2. The van der Waals surface area contributed by atoms with Gasteiger partial charge in [-0.25, -0.2) is 0 Å². The second-order valence-corrected chi connectivity index (χ2v) is 4.12. The van der Waals surface area contributed by atoms with Crippen LogP contribution in [0, 0.1) is 5.41 Å². The van der Waals surface area contributed by atoms with Crippen LogP contribution in [0.2, 0.25) is 0 Å². The molecule has 16 heavy (non-hydrogen) atoms. The Morgan fingerprint density at radius 3 is 2.56 bits per heavy atom. The Hall–Kier alpha value is -1.65. The van der Waals surface area contributed by atoms with E-state index >= 15 is 0 Å². The van der Waals surface area contributed by atoms with Crippen LogP contribution in [0.3, 0.4) is 0 Å². The van der Waals surface area contributed by atoms with Crippen LogP contribution in [0.5, 0.6) is 0 Å². The Labute approximate surface area is 94.3 Å². The van der Waals surface area contributed by atoms with E-state index in [1.807, 2.05) is 19.9 Å². The average Bonchev–Trinajstić information content (AvgIpc) is 2.17. The summed E-state index contributed by atoms with van der Waals surface area (Å²) in [5, 5.41) is 11.2. The number of aliphatic hydroxyl groups is 1. The maximum absolute atomic E-state index is 11.8. The monoisotopic (exact) mass is 224 g/mol. The van der Waals surface area contributed by atoms with E-state index in [1.165, 1.54) is 0 Å². The Morgan fingerprint density at radius 1 is 1.50 bits per heavy atom. The maximum atomic E-state index is 11.8. The van der Waals surface area contributed by atoms with Crippen LogP contribution < -0.4 is 5.32 Å². The van der Waals surface area contributed by atoms with E-state index in [-0.39, 0.29) is 0 Å². The van der Waals surface area contributed by atoms with Gasteiger partial charge in [0.15, 0.2) is 0 Å². The number of carbonyl (C=O) groups excluding carboxylic acids is 2. The van der Waals surface area contributed by atoms with E-state index in [0.717, 1.165) is 5.57 Å². The SMILES string of the molecule is CCC1(CC=C(C)C)C(=O)N=C(O)NC1=O. The van der Waals surface area contributed by atoms with Gasteiger partial charge in [-0.2, -0.15) is 4.99 Å². The highest BCUT2D eigenvalue weighted by atomic mass is 16.3. The fourth-order valence-corrected chi connectivity index (χ4v) is 1.56. The first kappa shape index (κ1) is 12.4. The first-order valence-corrected chi connectivity index (χ1v) is 5.19. The van der Waals surface area contributed by atoms with Crippen molar-refractivity contribution >= 4 is 17.8 Å². The smallest absolute Gasteiger partial charge is 0.296 e. The molecule has 88 valence electrons. The molecule has 1 aliphatic rings. The zero-order valence-corrected chi connectivity index (χ0v) is 9.70. The van der Waals surface area contributed by atoms with Gasteiger partial charge in [-0.1, -0.05) is 18.6 Å². The van der Waals surface area contributed by atoms with Gasteiger partial charge in [-0.05, 0) is 26.7 Å². The molecule has 0 bridgehead atoms. The third kappa shape index (κ3) is 2.13. The van der Waals surface area contributed by atoms with Crippen molar-refractivity contribution in [3.05, 3.63) is 11.6 Å². The van der Waals surface area contributed by atoms with Crippen molar-refractivity contribution in [2.24, 2.45) is 10.4 Å². The van der Waals surface area contributed by atoms with Crippen molar-refractivity contribution in [3.63, 3.8) is 0 Å². The van der Waals surface area contributed by atoms with Gasteiger partial charge in [0, 0.05) is 0 Å². The van der Waals surface area contributed by atoms with Crippen LogP contribution in [-0.2, 0) is 9.59 Å². The number of aliphatic hydroxyl groups excluding tert-OH is 1. The molecule has 0 aromatic rings. The van der Waals surface area contributed by atoms with E-state index in [4.69, 9.17) is 5.11 Å². The summed E-state index contributed by atoms with van der Waals surface area (Å²) in [6.45, 7) is 5.55. The topological polar surface area (TPSA) is 78.8 Å². The predicted molar refractivity (Wildman–Crippen MR) is 60.0 cm³/mol. The third-order valence-electron chi connectivity index (χ3n) is 2.74. The van der Waals surface area contributed by atoms with Crippen molar-refractivity contribution in [1.29, 1.82) is 0 Å².